The van der Waals surface area contributed by atoms with Crippen molar-refractivity contribution in [2.24, 2.45) is 0 Å². The molecule has 0 spiro atoms. The molecule has 35 heavy (non-hydrogen) atoms. The zero-order valence-corrected chi connectivity index (χ0v) is 22.0. The highest BCUT2D eigenvalue weighted by atomic mass is 79.9. The average Bonchev–Trinajstić information content (AvgIpc) is 3.46. The highest BCUT2D eigenvalue weighted by molar-refractivity contribution is 9.10. The van der Waals surface area contributed by atoms with Crippen molar-refractivity contribution in [2.75, 3.05) is 12.4 Å². The first kappa shape index (κ1) is 24.0. The van der Waals surface area contributed by atoms with Crippen LogP contribution in [-0.2, 0) is 23.5 Å². The molecule has 0 saturated heterocycles. The Morgan fingerprint density at radius 2 is 2.09 bits per heavy atom. The van der Waals surface area contributed by atoms with Gasteiger partial charge in [0.15, 0.2) is 0 Å². The lowest BCUT2D eigenvalue weighted by Gasteiger charge is -2.12. The van der Waals surface area contributed by atoms with Crippen LogP contribution in [0.5, 0.6) is 5.75 Å². The maximum atomic E-state index is 13.4. The predicted octanol–water partition coefficient (Wildman–Crippen LogP) is 6.34. The molecule has 4 aromatic rings. The number of hydrogen-bond acceptors (Lipinski definition) is 5. The molecule has 1 fully saturated rings. The summed E-state index contributed by atoms with van der Waals surface area (Å²) in [4.78, 5) is 17.5. The normalized spacial score (nSPS) is 13.4. The first-order chi connectivity index (χ1) is 17.1. The van der Waals surface area contributed by atoms with Crippen molar-refractivity contribution >= 4 is 44.6 Å². The summed E-state index contributed by atoms with van der Waals surface area (Å²) < 4.78 is 10.4. The molecule has 2 aromatic heterocycles. The van der Waals surface area contributed by atoms with Gasteiger partial charge in [-0.2, -0.15) is 11.8 Å². The standard InChI is InChI=1S/C27H28BrN3O3S/c1-2-34-27(33)25-23(16-35-13-10-18-6-4-3-5-7-18)31(19-8-9-19)22-14-21(28)26(32)20(24(22)25)15-30-12-11-29-17-30/h3-7,11-12,14,17,19,32H,2,8-10,13,15-16H2,1H3. The lowest BCUT2D eigenvalue weighted by atomic mass is 10.0. The van der Waals surface area contributed by atoms with Crippen LogP contribution in [-0.4, -0.2) is 37.6 Å². The van der Waals surface area contributed by atoms with E-state index in [-0.39, 0.29) is 11.7 Å². The van der Waals surface area contributed by atoms with Gasteiger partial charge >= 0.3 is 5.97 Å². The molecule has 5 rings (SSSR count). The number of aryl methyl sites for hydroxylation is 1. The number of hydrogen-bond donors (Lipinski definition) is 1. The van der Waals surface area contributed by atoms with Gasteiger partial charge in [-0.05, 0) is 59.5 Å². The summed E-state index contributed by atoms with van der Waals surface area (Å²) in [5.41, 5.74) is 4.55. The fourth-order valence-electron chi connectivity index (χ4n) is 4.59. The maximum Gasteiger partial charge on any atom is 0.340 e. The third kappa shape index (κ3) is 5.00. The molecule has 8 heteroatoms. The van der Waals surface area contributed by atoms with E-state index >= 15 is 0 Å². The Morgan fingerprint density at radius 1 is 1.29 bits per heavy atom. The van der Waals surface area contributed by atoms with E-state index in [0.717, 1.165) is 41.6 Å². The zero-order valence-electron chi connectivity index (χ0n) is 19.6. The molecule has 0 bridgehead atoms. The molecule has 0 aliphatic heterocycles. The molecule has 182 valence electrons. The third-order valence-electron chi connectivity index (χ3n) is 6.33. The second-order valence-electron chi connectivity index (χ2n) is 8.75. The monoisotopic (exact) mass is 553 g/mol. The topological polar surface area (TPSA) is 69.3 Å². The first-order valence-corrected chi connectivity index (χ1v) is 13.8. The Bertz CT molecular complexity index is 1330. The third-order valence-corrected chi connectivity index (χ3v) is 7.91. The van der Waals surface area contributed by atoms with E-state index in [4.69, 9.17) is 4.74 Å². The van der Waals surface area contributed by atoms with E-state index in [2.05, 4.69) is 49.7 Å². The molecular formula is C27H28BrN3O3S. The van der Waals surface area contributed by atoms with Crippen LogP contribution in [0.25, 0.3) is 10.9 Å². The minimum Gasteiger partial charge on any atom is -0.506 e. The number of carbonyl (C=O) groups is 1. The highest BCUT2D eigenvalue weighted by Gasteiger charge is 2.34. The van der Waals surface area contributed by atoms with Gasteiger partial charge < -0.3 is 19.0 Å². The van der Waals surface area contributed by atoms with E-state index in [1.54, 1.807) is 12.5 Å². The van der Waals surface area contributed by atoms with Crippen LogP contribution in [0.1, 0.15) is 53.0 Å². The number of rotatable bonds is 10. The summed E-state index contributed by atoms with van der Waals surface area (Å²) >= 11 is 5.38. The number of imidazole rings is 1. The van der Waals surface area contributed by atoms with Crippen molar-refractivity contribution in [1.82, 2.24) is 14.1 Å². The van der Waals surface area contributed by atoms with Gasteiger partial charge in [-0.1, -0.05) is 30.3 Å². The van der Waals surface area contributed by atoms with Crippen molar-refractivity contribution in [3.8, 4) is 5.75 Å². The molecule has 0 radical (unpaired) electrons. The van der Waals surface area contributed by atoms with Crippen LogP contribution < -0.4 is 0 Å². The number of esters is 1. The Morgan fingerprint density at radius 3 is 2.77 bits per heavy atom. The molecular weight excluding hydrogens is 526 g/mol. The van der Waals surface area contributed by atoms with Gasteiger partial charge in [-0.25, -0.2) is 9.78 Å². The second kappa shape index (κ2) is 10.5. The SMILES string of the molecule is CCOC(=O)c1c(CSCCc2ccccc2)n(C2CC2)c2cc(Br)c(O)c(Cn3ccnc3)c12. The molecule has 1 saturated carbocycles. The van der Waals surface area contributed by atoms with Gasteiger partial charge in [0, 0.05) is 40.8 Å². The Kier molecular flexibility index (Phi) is 7.20. The van der Waals surface area contributed by atoms with E-state index in [9.17, 15) is 9.90 Å². The van der Waals surface area contributed by atoms with Crippen molar-refractivity contribution in [3.63, 3.8) is 0 Å². The number of phenols is 1. The largest absolute Gasteiger partial charge is 0.506 e. The molecule has 2 heterocycles. The number of aromatic hydroxyl groups is 1. The Labute approximate surface area is 217 Å². The summed E-state index contributed by atoms with van der Waals surface area (Å²) in [5.74, 6) is 1.47. The van der Waals surface area contributed by atoms with Gasteiger partial charge in [0.2, 0.25) is 0 Å². The van der Waals surface area contributed by atoms with Gasteiger partial charge in [0.25, 0.3) is 0 Å². The number of benzene rings is 2. The van der Waals surface area contributed by atoms with E-state index < -0.39 is 0 Å². The average molecular weight is 555 g/mol. The molecule has 1 aliphatic carbocycles. The number of phenolic OH excluding ortho intramolecular Hbond substituents is 1. The van der Waals surface area contributed by atoms with Crippen molar-refractivity contribution in [3.05, 3.63) is 82.0 Å². The molecule has 0 amide bonds. The van der Waals surface area contributed by atoms with Crippen molar-refractivity contribution in [2.45, 2.75) is 44.5 Å². The fourth-order valence-corrected chi connectivity index (χ4v) is 6.05. The van der Waals surface area contributed by atoms with Crippen LogP contribution >= 0.6 is 27.7 Å². The number of fused-ring (bicyclic) bond motifs is 1. The van der Waals surface area contributed by atoms with Gasteiger partial charge in [0.1, 0.15) is 5.75 Å². The number of aromatic nitrogens is 3. The smallest absolute Gasteiger partial charge is 0.340 e. The predicted molar refractivity (Wildman–Crippen MR) is 143 cm³/mol. The van der Waals surface area contributed by atoms with Crippen LogP contribution in [0.15, 0.2) is 59.6 Å². The minimum atomic E-state index is -0.329. The zero-order chi connectivity index (χ0) is 24.4. The molecule has 0 unspecified atom stereocenters. The second-order valence-corrected chi connectivity index (χ2v) is 10.7. The van der Waals surface area contributed by atoms with E-state index in [1.807, 2.05) is 41.6 Å². The van der Waals surface area contributed by atoms with Gasteiger partial charge in [-0.3, -0.25) is 0 Å². The first-order valence-electron chi connectivity index (χ1n) is 11.9. The molecule has 6 nitrogen and oxygen atoms in total. The summed E-state index contributed by atoms with van der Waals surface area (Å²) in [7, 11) is 0. The minimum absolute atomic E-state index is 0.146. The molecule has 0 atom stereocenters. The summed E-state index contributed by atoms with van der Waals surface area (Å²) in [6.07, 6.45) is 8.43. The van der Waals surface area contributed by atoms with E-state index in [0.29, 0.717) is 40.5 Å². The number of carbonyl (C=O) groups excluding carboxylic acids is 1. The molecule has 2 aromatic carbocycles. The van der Waals surface area contributed by atoms with Gasteiger partial charge in [0.05, 0.1) is 35.0 Å². The van der Waals surface area contributed by atoms with Crippen molar-refractivity contribution in [1.29, 1.82) is 0 Å². The Hall–Kier alpha value is -2.71. The maximum absolute atomic E-state index is 13.4. The summed E-state index contributed by atoms with van der Waals surface area (Å²) in [6, 6.07) is 12.8. The number of thioether (sulfide) groups is 1. The van der Waals surface area contributed by atoms with Crippen LogP contribution in [0.2, 0.25) is 0 Å². The van der Waals surface area contributed by atoms with Crippen LogP contribution in [0, 0.1) is 0 Å². The van der Waals surface area contributed by atoms with E-state index in [1.165, 1.54) is 5.56 Å². The van der Waals surface area contributed by atoms with Crippen molar-refractivity contribution < 1.29 is 14.6 Å². The summed E-state index contributed by atoms with van der Waals surface area (Å²) in [6.45, 7) is 2.53. The lowest BCUT2D eigenvalue weighted by molar-refractivity contribution is 0.0527. The highest BCUT2D eigenvalue weighted by Crippen LogP contribution is 2.46. The lowest BCUT2D eigenvalue weighted by Crippen LogP contribution is -2.10. The fraction of sp³-hybridized carbons (Fsp3) is 0.333. The molecule has 1 N–H and O–H groups in total. The quantitative estimate of drug-likeness (QED) is 0.183. The number of nitrogens with zero attached hydrogens (tertiary/aromatic N) is 3. The molecule has 1 aliphatic rings. The Balaban J connectivity index is 1.59. The number of ether oxygens (including phenoxy) is 1. The number of halogens is 1. The van der Waals surface area contributed by atoms with Crippen LogP contribution in [0.4, 0.5) is 0 Å². The van der Waals surface area contributed by atoms with Gasteiger partial charge in [-0.15, -0.1) is 0 Å². The van der Waals surface area contributed by atoms with Crippen LogP contribution in [0.3, 0.4) is 0 Å². The summed E-state index contributed by atoms with van der Waals surface area (Å²) in [5, 5.41) is 11.9.